The first-order valence-corrected chi connectivity index (χ1v) is 7.02. The summed E-state index contributed by atoms with van der Waals surface area (Å²) in [6, 6.07) is 12.6. The minimum atomic E-state index is -0.187. The number of amides is 1. The van der Waals surface area contributed by atoms with Gasteiger partial charge in [-0.2, -0.15) is 0 Å². The van der Waals surface area contributed by atoms with Gasteiger partial charge < -0.3 is 5.32 Å². The molecule has 0 spiro atoms. The van der Waals surface area contributed by atoms with Gasteiger partial charge in [-0.3, -0.25) is 4.79 Å². The third-order valence-electron chi connectivity index (χ3n) is 2.46. The molecule has 0 aromatic heterocycles. The fourth-order valence-electron chi connectivity index (χ4n) is 1.56. The highest BCUT2D eigenvalue weighted by molar-refractivity contribution is 9.11. The van der Waals surface area contributed by atoms with E-state index in [4.69, 9.17) is 6.42 Å². The van der Waals surface area contributed by atoms with Crippen LogP contribution in [0, 0.1) is 12.3 Å². The Morgan fingerprint density at radius 3 is 2.63 bits per heavy atom. The predicted octanol–water partition coefficient (Wildman–Crippen LogP) is 4.45. The zero-order valence-electron chi connectivity index (χ0n) is 9.78. The molecule has 19 heavy (non-hydrogen) atoms. The predicted molar refractivity (Wildman–Crippen MR) is 84.2 cm³/mol. The number of carbonyl (C=O) groups is 1. The highest BCUT2D eigenvalue weighted by atomic mass is 79.9. The molecule has 2 nitrogen and oxygen atoms in total. The first-order chi connectivity index (χ1) is 9.10. The molecule has 94 valence electrons. The molecule has 2 aromatic rings. The maximum atomic E-state index is 12.1. The molecule has 0 saturated heterocycles. The van der Waals surface area contributed by atoms with Crippen LogP contribution in [0.25, 0.3) is 0 Å². The number of hydrogen-bond donors (Lipinski definition) is 1. The largest absolute Gasteiger partial charge is 0.322 e. The summed E-state index contributed by atoms with van der Waals surface area (Å²) < 4.78 is 1.64. The fourth-order valence-corrected chi connectivity index (χ4v) is 2.79. The van der Waals surface area contributed by atoms with Gasteiger partial charge >= 0.3 is 0 Å². The Labute approximate surface area is 128 Å². The Balaban J connectivity index is 2.23. The number of nitrogens with one attached hydrogen (secondary N) is 1. The van der Waals surface area contributed by atoms with Crippen molar-refractivity contribution in [2.75, 3.05) is 5.32 Å². The van der Waals surface area contributed by atoms with E-state index in [1.54, 1.807) is 24.3 Å². The molecule has 4 heteroatoms. The molecule has 0 bridgehead atoms. The van der Waals surface area contributed by atoms with Crippen LogP contribution in [0.5, 0.6) is 0 Å². The monoisotopic (exact) mass is 377 g/mol. The Hall–Kier alpha value is -1.57. The lowest BCUT2D eigenvalue weighted by molar-refractivity contribution is 0.102. The van der Waals surface area contributed by atoms with Crippen molar-refractivity contribution in [3.8, 4) is 12.3 Å². The smallest absolute Gasteiger partial charge is 0.256 e. The lowest BCUT2D eigenvalue weighted by Gasteiger charge is -2.07. The van der Waals surface area contributed by atoms with Crippen molar-refractivity contribution in [1.82, 2.24) is 0 Å². The minimum Gasteiger partial charge on any atom is -0.322 e. The molecule has 0 aliphatic carbocycles. The Morgan fingerprint density at radius 2 is 1.95 bits per heavy atom. The van der Waals surface area contributed by atoms with Gasteiger partial charge in [-0.25, -0.2) is 0 Å². The lowest BCUT2D eigenvalue weighted by Crippen LogP contribution is -2.12. The molecule has 0 saturated carbocycles. The molecule has 0 radical (unpaired) electrons. The first kappa shape index (κ1) is 13.9. The van der Waals surface area contributed by atoms with E-state index < -0.39 is 0 Å². The maximum Gasteiger partial charge on any atom is 0.256 e. The third kappa shape index (κ3) is 3.46. The van der Waals surface area contributed by atoms with E-state index in [0.29, 0.717) is 11.3 Å². The minimum absolute atomic E-state index is 0.187. The molecule has 1 amide bonds. The van der Waals surface area contributed by atoms with Crippen molar-refractivity contribution >= 4 is 43.5 Å². The summed E-state index contributed by atoms with van der Waals surface area (Å²) in [7, 11) is 0. The van der Waals surface area contributed by atoms with Gasteiger partial charge in [0.15, 0.2) is 0 Å². The topological polar surface area (TPSA) is 29.1 Å². The zero-order valence-corrected chi connectivity index (χ0v) is 13.0. The third-order valence-corrected chi connectivity index (χ3v) is 3.61. The van der Waals surface area contributed by atoms with Gasteiger partial charge in [0.1, 0.15) is 0 Å². The van der Waals surface area contributed by atoms with E-state index in [0.717, 1.165) is 14.5 Å². The van der Waals surface area contributed by atoms with E-state index in [1.165, 1.54) is 0 Å². The van der Waals surface area contributed by atoms with Gasteiger partial charge in [-0.15, -0.1) is 6.42 Å². The SMILES string of the molecule is C#Cc1cccc(NC(=O)c2ccc(Br)cc2Br)c1. The number of carbonyl (C=O) groups excluding carboxylic acids is 1. The molecule has 2 aromatic carbocycles. The zero-order chi connectivity index (χ0) is 13.8. The van der Waals surface area contributed by atoms with Crippen molar-refractivity contribution < 1.29 is 4.79 Å². The van der Waals surface area contributed by atoms with Gasteiger partial charge in [-0.1, -0.05) is 27.9 Å². The van der Waals surface area contributed by atoms with Crippen LogP contribution in [0.3, 0.4) is 0 Å². The summed E-state index contributed by atoms with van der Waals surface area (Å²) in [6.07, 6.45) is 5.33. The van der Waals surface area contributed by atoms with Crippen LogP contribution in [0.15, 0.2) is 51.4 Å². The second-order valence-electron chi connectivity index (χ2n) is 3.80. The average molecular weight is 379 g/mol. The molecule has 0 aliphatic heterocycles. The van der Waals surface area contributed by atoms with Gasteiger partial charge in [0.05, 0.1) is 5.56 Å². The van der Waals surface area contributed by atoms with Gasteiger partial charge in [0.25, 0.3) is 5.91 Å². The Morgan fingerprint density at radius 1 is 1.16 bits per heavy atom. The number of benzene rings is 2. The Bertz CT molecular complexity index is 674. The second kappa shape index (κ2) is 6.05. The summed E-state index contributed by atoms with van der Waals surface area (Å²) >= 11 is 6.71. The van der Waals surface area contributed by atoms with Gasteiger partial charge in [0, 0.05) is 20.2 Å². The standard InChI is InChI=1S/C15H9Br2NO/c1-2-10-4-3-5-12(8-10)18-15(19)13-7-6-11(16)9-14(13)17/h1,3-9H,(H,18,19). The van der Waals surface area contributed by atoms with Crippen LogP contribution in [-0.4, -0.2) is 5.91 Å². The Kier molecular flexibility index (Phi) is 4.41. The van der Waals surface area contributed by atoms with Crippen LogP contribution in [0.1, 0.15) is 15.9 Å². The molecule has 2 rings (SSSR count). The van der Waals surface area contributed by atoms with Crippen molar-refractivity contribution in [3.05, 3.63) is 62.5 Å². The molecule has 0 heterocycles. The molecular weight excluding hydrogens is 370 g/mol. The van der Waals surface area contributed by atoms with Crippen LogP contribution in [0.2, 0.25) is 0 Å². The van der Waals surface area contributed by atoms with Crippen LogP contribution in [-0.2, 0) is 0 Å². The molecule has 0 aliphatic rings. The molecule has 0 atom stereocenters. The normalized spacial score (nSPS) is 9.74. The van der Waals surface area contributed by atoms with Crippen LogP contribution >= 0.6 is 31.9 Å². The maximum absolute atomic E-state index is 12.1. The first-order valence-electron chi connectivity index (χ1n) is 5.43. The summed E-state index contributed by atoms with van der Waals surface area (Å²) in [6.45, 7) is 0. The number of anilines is 1. The average Bonchev–Trinajstić information content (AvgIpc) is 2.38. The summed E-state index contributed by atoms with van der Waals surface area (Å²) in [5.74, 6) is 2.35. The molecule has 0 unspecified atom stereocenters. The molecular formula is C15H9Br2NO. The van der Waals surface area contributed by atoms with Crippen molar-refractivity contribution in [2.45, 2.75) is 0 Å². The second-order valence-corrected chi connectivity index (χ2v) is 5.57. The summed E-state index contributed by atoms with van der Waals surface area (Å²) in [4.78, 5) is 12.1. The van der Waals surface area contributed by atoms with Gasteiger partial charge in [0.2, 0.25) is 0 Å². The number of hydrogen-bond acceptors (Lipinski definition) is 1. The van der Waals surface area contributed by atoms with Crippen LogP contribution < -0.4 is 5.32 Å². The van der Waals surface area contributed by atoms with E-state index in [1.807, 2.05) is 18.2 Å². The molecule has 0 fully saturated rings. The summed E-state index contributed by atoms with van der Waals surface area (Å²) in [5.41, 5.74) is 1.97. The van der Waals surface area contributed by atoms with E-state index >= 15 is 0 Å². The van der Waals surface area contributed by atoms with E-state index in [2.05, 4.69) is 43.1 Å². The van der Waals surface area contributed by atoms with E-state index in [9.17, 15) is 4.79 Å². The quantitative estimate of drug-likeness (QED) is 0.768. The fraction of sp³-hybridized carbons (Fsp3) is 0. The van der Waals surface area contributed by atoms with Crippen molar-refractivity contribution in [3.63, 3.8) is 0 Å². The molecule has 1 N–H and O–H groups in total. The lowest BCUT2D eigenvalue weighted by atomic mass is 10.2. The summed E-state index contributed by atoms with van der Waals surface area (Å²) in [5, 5.41) is 2.81. The van der Waals surface area contributed by atoms with E-state index in [-0.39, 0.29) is 5.91 Å². The highest BCUT2D eigenvalue weighted by Crippen LogP contribution is 2.23. The number of rotatable bonds is 2. The number of terminal acetylenes is 1. The van der Waals surface area contributed by atoms with Crippen LogP contribution in [0.4, 0.5) is 5.69 Å². The van der Waals surface area contributed by atoms with Crippen molar-refractivity contribution in [1.29, 1.82) is 0 Å². The van der Waals surface area contributed by atoms with Crippen molar-refractivity contribution in [2.24, 2.45) is 0 Å². The number of halogens is 2. The van der Waals surface area contributed by atoms with Gasteiger partial charge in [-0.05, 0) is 52.3 Å². The highest BCUT2D eigenvalue weighted by Gasteiger charge is 2.10.